The Kier molecular flexibility index (Phi) is 3.59. The van der Waals surface area contributed by atoms with Gasteiger partial charge in [0.2, 0.25) is 0 Å². The molecule has 1 heterocycles. The third-order valence-electron chi connectivity index (χ3n) is 4.15. The zero-order chi connectivity index (χ0) is 15.1. The fourth-order valence-corrected chi connectivity index (χ4v) is 3.67. The molecule has 112 valence electrons. The second-order valence-corrected chi connectivity index (χ2v) is 6.94. The van der Waals surface area contributed by atoms with E-state index < -0.39 is 0 Å². The van der Waals surface area contributed by atoms with Crippen LogP contribution in [0.2, 0.25) is 5.02 Å². The highest BCUT2D eigenvalue weighted by Gasteiger charge is 2.24. The smallest absolute Gasteiger partial charge is 0.132 e. The summed E-state index contributed by atoms with van der Waals surface area (Å²) >= 11 is 8.37. The minimum atomic E-state index is 0.695. The Morgan fingerprint density at radius 3 is 2.77 bits per heavy atom. The summed E-state index contributed by atoms with van der Waals surface area (Å²) in [6, 6.07) is 12.5. The largest absolute Gasteiger partial charge is 0.244 e. The highest BCUT2D eigenvalue weighted by molar-refractivity contribution is 7.98. The molecule has 1 aliphatic carbocycles. The van der Waals surface area contributed by atoms with Gasteiger partial charge in [-0.2, -0.15) is 0 Å². The van der Waals surface area contributed by atoms with Crippen LogP contribution in [0.1, 0.15) is 12.8 Å². The minimum Gasteiger partial charge on any atom is -0.244 e. The van der Waals surface area contributed by atoms with Crippen molar-refractivity contribution >= 4 is 34.4 Å². The predicted octanol–water partition coefficient (Wildman–Crippen LogP) is 4.88. The van der Waals surface area contributed by atoms with Gasteiger partial charge in [-0.3, -0.25) is 0 Å². The van der Waals surface area contributed by atoms with Gasteiger partial charge < -0.3 is 0 Å². The Morgan fingerprint density at radius 2 is 2.00 bits per heavy atom. The van der Waals surface area contributed by atoms with Crippen LogP contribution in [0.4, 0.5) is 0 Å². The fourth-order valence-electron chi connectivity index (χ4n) is 2.76. The summed E-state index contributed by atoms with van der Waals surface area (Å²) in [5, 5.41) is 9.30. The number of benzene rings is 2. The first kappa shape index (κ1) is 14.1. The molecule has 0 saturated heterocycles. The molecule has 0 bridgehead atoms. The zero-order valence-electron chi connectivity index (χ0n) is 12.3. The number of fused-ring (bicyclic) bond motifs is 1. The lowest BCUT2D eigenvalue weighted by Gasteiger charge is -2.09. The van der Waals surface area contributed by atoms with E-state index >= 15 is 0 Å². The second-order valence-electron chi connectivity index (χ2n) is 5.71. The van der Waals surface area contributed by atoms with Gasteiger partial charge in [-0.15, -0.1) is 16.9 Å². The summed E-state index contributed by atoms with van der Waals surface area (Å²) in [5.41, 5.74) is 4.01. The van der Waals surface area contributed by atoms with Crippen LogP contribution in [0.3, 0.4) is 0 Å². The number of nitrogens with zero attached hydrogens (tertiary/aromatic N) is 3. The third kappa shape index (κ3) is 2.40. The van der Waals surface area contributed by atoms with Crippen LogP contribution in [0.5, 0.6) is 0 Å². The van der Waals surface area contributed by atoms with Crippen molar-refractivity contribution in [3.05, 3.63) is 41.4 Å². The SMILES string of the molecule is CSc1ccccc1-c1ccc2c(nnn2CC2CC2)c1Cl. The van der Waals surface area contributed by atoms with E-state index in [1.807, 2.05) is 16.8 Å². The molecule has 5 heteroatoms. The van der Waals surface area contributed by atoms with Gasteiger partial charge in [0.15, 0.2) is 0 Å². The van der Waals surface area contributed by atoms with Gasteiger partial charge in [0.05, 0.1) is 10.5 Å². The molecule has 0 amide bonds. The number of hydrogen-bond donors (Lipinski definition) is 0. The highest BCUT2D eigenvalue weighted by Crippen LogP contribution is 2.38. The van der Waals surface area contributed by atoms with Crippen molar-refractivity contribution in [1.82, 2.24) is 15.0 Å². The zero-order valence-corrected chi connectivity index (χ0v) is 13.9. The molecule has 0 aliphatic heterocycles. The number of thioether (sulfide) groups is 1. The molecule has 0 spiro atoms. The van der Waals surface area contributed by atoms with E-state index in [1.165, 1.54) is 17.7 Å². The molecule has 4 rings (SSSR count). The summed E-state index contributed by atoms with van der Waals surface area (Å²) in [7, 11) is 0. The van der Waals surface area contributed by atoms with Gasteiger partial charge in [-0.25, -0.2) is 4.68 Å². The summed E-state index contributed by atoms with van der Waals surface area (Å²) in [6.07, 6.45) is 4.68. The summed E-state index contributed by atoms with van der Waals surface area (Å²) in [4.78, 5) is 1.22. The maximum Gasteiger partial charge on any atom is 0.132 e. The Bertz CT molecular complexity index is 839. The van der Waals surface area contributed by atoms with Crippen molar-refractivity contribution in [3.63, 3.8) is 0 Å². The van der Waals surface area contributed by atoms with Crippen molar-refractivity contribution in [3.8, 4) is 11.1 Å². The molecule has 22 heavy (non-hydrogen) atoms. The Labute approximate surface area is 138 Å². The van der Waals surface area contributed by atoms with Gasteiger partial charge in [0, 0.05) is 17.0 Å². The van der Waals surface area contributed by atoms with E-state index in [0.717, 1.165) is 34.6 Å². The number of halogens is 1. The molecule has 0 atom stereocenters. The molecule has 2 aromatic carbocycles. The molecular weight excluding hydrogens is 314 g/mol. The topological polar surface area (TPSA) is 30.7 Å². The van der Waals surface area contributed by atoms with Crippen molar-refractivity contribution in [2.45, 2.75) is 24.3 Å². The molecule has 3 aromatic rings. The quantitative estimate of drug-likeness (QED) is 0.639. The Morgan fingerprint density at radius 1 is 1.18 bits per heavy atom. The molecule has 0 unspecified atom stereocenters. The van der Waals surface area contributed by atoms with E-state index in [-0.39, 0.29) is 0 Å². The van der Waals surface area contributed by atoms with E-state index in [0.29, 0.717) is 5.02 Å². The lowest BCUT2D eigenvalue weighted by Crippen LogP contribution is -2.01. The first-order chi connectivity index (χ1) is 10.8. The molecule has 1 aromatic heterocycles. The molecule has 1 fully saturated rings. The molecule has 0 N–H and O–H groups in total. The summed E-state index contributed by atoms with van der Waals surface area (Å²) in [6.45, 7) is 0.952. The standard InChI is InChI=1S/C17H16ClN3S/c1-22-15-5-3-2-4-12(15)13-8-9-14-17(16(13)18)19-20-21(14)10-11-6-7-11/h2-5,8-9,11H,6-7,10H2,1H3. The van der Waals surface area contributed by atoms with Crippen molar-refractivity contribution in [2.24, 2.45) is 5.92 Å². The maximum absolute atomic E-state index is 6.65. The van der Waals surface area contributed by atoms with Gasteiger partial charge in [0.1, 0.15) is 5.52 Å². The van der Waals surface area contributed by atoms with Gasteiger partial charge >= 0.3 is 0 Å². The molecular formula is C17H16ClN3S. The van der Waals surface area contributed by atoms with Crippen LogP contribution in [-0.2, 0) is 6.54 Å². The number of aromatic nitrogens is 3. The van der Waals surface area contributed by atoms with Crippen LogP contribution in [0, 0.1) is 5.92 Å². The fraction of sp³-hybridized carbons (Fsp3) is 0.294. The van der Waals surface area contributed by atoms with E-state index in [1.54, 1.807) is 11.8 Å². The first-order valence-corrected chi connectivity index (χ1v) is 9.03. The normalized spacial score (nSPS) is 14.6. The van der Waals surface area contributed by atoms with E-state index in [9.17, 15) is 0 Å². The predicted molar refractivity (Wildman–Crippen MR) is 92.5 cm³/mol. The summed E-state index contributed by atoms with van der Waals surface area (Å²) < 4.78 is 1.99. The van der Waals surface area contributed by atoms with E-state index in [2.05, 4.69) is 40.8 Å². The van der Waals surface area contributed by atoms with Crippen molar-refractivity contribution in [2.75, 3.05) is 6.26 Å². The van der Waals surface area contributed by atoms with Crippen molar-refractivity contribution < 1.29 is 0 Å². The maximum atomic E-state index is 6.65. The molecule has 1 saturated carbocycles. The van der Waals surface area contributed by atoms with Crippen LogP contribution in [0.15, 0.2) is 41.3 Å². The first-order valence-electron chi connectivity index (χ1n) is 7.43. The average molecular weight is 330 g/mol. The van der Waals surface area contributed by atoms with Gasteiger partial charge in [-0.1, -0.05) is 41.1 Å². The Balaban J connectivity index is 1.84. The Hall–Kier alpha value is -1.52. The van der Waals surface area contributed by atoms with E-state index in [4.69, 9.17) is 11.6 Å². The number of hydrogen-bond acceptors (Lipinski definition) is 3. The second kappa shape index (κ2) is 5.60. The van der Waals surface area contributed by atoms with Crippen molar-refractivity contribution in [1.29, 1.82) is 0 Å². The third-order valence-corrected chi connectivity index (χ3v) is 5.33. The van der Waals surface area contributed by atoms with Gasteiger partial charge in [0.25, 0.3) is 0 Å². The van der Waals surface area contributed by atoms with Crippen LogP contribution in [-0.4, -0.2) is 21.2 Å². The van der Waals surface area contributed by atoms with Gasteiger partial charge in [-0.05, 0) is 42.7 Å². The average Bonchev–Trinajstić information content (AvgIpc) is 3.27. The van der Waals surface area contributed by atoms with Crippen LogP contribution >= 0.6 is 23.4 Å². The lowest BCUT2D eigenvalue weighted by atomic mass is 10.0. The number of rotatable bonds is 4. The molecule has 0 radical (unpaired) electrons. The molecule has 3 nitrogen and oxygen atoms in total. The molecule has 1 aliphatic rings. The monoisotopic (exact) mass is 329 g/mol. The minimum absolute atomic E-state index is 0.695. The highest BCUT2D eigenvalue weighted by atomic mass is 35.5. The van der Waals surface area contributed by atoms with Crippen LogP contribution < -0.4 is 0 Å². The lowest BCUT2D eigenvalue weighted by molar-refractivity contribution is 0.559. The van der Waals surface area contributed by atoms with Crippen LogP contribution in [0.25, 0.3) is 22.2 Å². The summed E-state index contributed by atoms with van der Waals surface area (Å²) in [5.74, 6) is 0.764.